The van der Waals surface area contributed by atoms with Crippen LogP contribution in [0.3, 0.4) is 0 Å². The number of halogens is 1. The zero-order valence-corrected chi connectivity index (χ0v) is 22.1. The second-order valence-electron chi connectivity index (χ2n) is 9.27. The fourth-order valence-electron chi connectivity index (χ4n) is 4.86. The highest BCUT2D eigenvalue weighted by Gasteiger charge is 2.16. The van der Waals surface area contributed by atoms with Gasteiger partial charge in [0.2, 0.25) is 0 Å². The number of nitrogens with zero attached hydrogens (tertiary/aromatic N) is 3. The van der Waals surface area contributed by atoms with Gasteiger partial charge in [0, 0.05) is 52.3 Å². The Morgan fingerprint density at radius 2 is 1.78 bits per heavy atom. The summed E-state index contributed by atoms with van der Waals surface area (Å²) in [5, 5.41) is 4.23. The van der Waals surface area contributed by atoms with E-state index in [2.05, 4.69) is 92.2 Å². The van der Waals surface area contributed by atoms with Crippen molar-refractivity contribution < 1.29 is 4.79 Å². The van der Waals surface area contributed by atoms with Gasteiger partial charge in [-0.05, 0) is 73.4 Å². The quantitative estimate of drug-likeness (QED) is 0.234. The van der Waals surface area contributed by atoms with Crippen LogP contribution in [0.4, 0.5) is 0 Å². The molecule has 4 aromatic rings. The molecule has 0 fully saturated rings. The molecule has 6 heteroatoms. The van der Waals surface area contributed by atoms with Gasteiger partial charge in [-0.3, -0.25) is 9.69 Å². The summed E-state index contributed by atoms with van der Waals surface area (Å²) in [6.07, 6.45) is 2.79. The number of aryl methyl sites for hydroxylation is 1. The smallest absolute Gasteiger partial charge is 0.271 e. The Labute approximate surface area is 220 Å². The first kappa shape index (κ1) is 24.2. The van der Waals surface area contributed by atoms with Gasteiger partial charge in [0.1, 0.15) is 0 Å². The molecule has 36 heavy (non-hydrogen) atoms. The number of benzene rings is 3. The molecule has 3 aromatic carbocycles. The van der Waals surface area contributed by atoms with E-state index in [1.54, 1.807) is 6.21 Å². The standard InChI is InChI=1S/C30H29BrN4O/c1-21-16-27(22(2)35(21)29-9-5-8-28(31)17-29)18-32-33-30(36)25-12-10-23(11-13-25)19-34-15-14-24-6-3-4-7-26(24)20-34/h3-13,16-18H,14-15,19-20H2,1-2H3,(H,33,36)/b32-18+. The fraction of sp³-hybridized carbons (Fsp3) is 0.200. The largest absolute Gasteiger partial charge is 0.318 e. The van der Waals surface area contributed by atoms with E-state index >= 15 is 0 Å². The Bertz CT molecular complexity index is 1420. The number of aromatic nitrogens is 1. The fourth-order valence-corrected chi connectivity index (χ4v) is 5.25. The predicted octanol–water partition coefficient (Wildman–Crippen LogP) is 6.18. The average molecular weight is 541 g/mol. The van der Waals surface area contributed by atoms with Crippen molar-refractivity contribution in [2.24, 2.45) is 5.10 Å². The SMILES string of the molecule is Cc1cc(/C=N/NC(=O)c2ccc(CN3CCc4ccccc4C3)cc2)c(C)n1-c1cccc(Br)c1. The summed E-state index contributed by atoms with van der Waals surface area (Å²) < 4.78 is 3.20. The first-order chi connectivity index (χ1) is 17.5. The molecule has 5 rings (SSSR count). The minimum absolute atomic E-state index is 0.217. The van der Waals surface area contributed by atoms with Gasteiger partial charge in [0.25, 0.3) is 5.91 Å². The van der Waals surface area contributed by atoms with Gasteiger partial charge in [-0.15, -0.1) is 0 Å². The van der Waals surface area contributed by atoms with Gasteiger partial charge >= 0.3 is 0 Å². The lowest BCUT2D eigenvalue weighted by atomic mass is 9.99. The number of nitrogens with one attached hydrogen (secondary N) is 1. The molecule has 1 aromatic heterocycles. The third kappa shape index (κ3) is 5.35. The Balaban J connectivity index is 1.20. The van der Waals surface area contributed by atoms with Crippen LogP contribution in [-0.2, 0) is 19.5 Å². The van der Waals surface area contributed by atoms with Gasteiger partial charge in [-0.2, -0.15) is 5.10 Å². The summed E-state index contributed by atoms with van der Waals surface area (Å²) in [6, 6.07) is 26.7. The summed E-state index contributed by atoms with van der Waals surface area (Å²) in [5.41, 5.74) is 11.5. The summed E-state index contributed by atoms with van der Waals surface area (Å²) in [7, 11) is 0. The zero-order valence-electron chi connectivity index (χ0n) is 20.5. The van der Waals surface area contributed by atoms with Gasteiger partial charge in [0.05, 0.1) is 6.21 Å². The molecule has 0 saturated carbocycles. The van der Waals surface area contributed by atoms with Crippen molar-refractivity contribution in [3.8, 4) is 5.69 Å². The third-order valence-corrected chi connectivity index (χ3v) is 7.23. The van der Waals surface area contributed by atoms with E-state index in [0.29, 0.717) is 5.56 Å². The van der Waals surface area contributed by atoms with Crippen LogP contribution in [0.2, 0.25) is 0 Å². The van der Waals surface area contributed by atoms with Gasteiger partial charge < -0.3 is 4.57 Å². The maximum absolute atomic E-state index is 12.6. The Morgan fingerprint density at radius 1 is 1.00 bits per heavy atom. The number of fused-ring (bicyclic) bond motifs is 1. The number of hydrazone groups is 1. The van der Waals surface area contributed by atoms with Crippen molar-refractivity contribution in [2.75, 3.05) is 6.54 Å². The Hall–Kier alpha value is -3.48. The van der Waals surface area contributed by atoms with Crippen LogP contribution in [0.25, 0.3) is 5.69 Å². The molecule has 0 atom stereocenters. The lowest BCUT2D eigenvalue weighted by Crippen LogP contribution is -2.30. The van der Waals surface area contributed by atoms with Crippen LogP contribution in [0.1, 0.15) is 44.0 Å². The maximum atomic E-state index is 12.6. The number of amides is 1. The zero-order chi connectivity index (χ0) is 25.1. The third-order valence-electron chi connectivity index (χ3n) is 6.74. The average Bonchev–Trinajstić information content (AvgIpc) is 3.17. The minimum atomic E-state index is -0.217. The summed E-state index contributed by atoms with van der Waals surface area (Å²) in [6.45, 7) is 7.01. The Kier molecular flexibility index (Phi) is 7.16. The molecule has 1 N–H and O–H groups in total. The van der Waals surface area contributed by atoms with Crippen LogP contribution in [0.15, 0.2) is 88.4 Å². The number of carbonyl (C=O) groups excluding carboxylic acids is 1. The normalized spacial score (nSPS) is 13.6. The van der Waals surface area contributed by atoms with E-state index < -0.39 is 0 Å². The molecule has 0 aliphatic carbocycles. The van der Waals surface area contributed by atoms with E-state index in [4.69, 9.17) is 0 Å². The van der Waals surface area contributed by atoms with Crippen LogP contribution >= 0.6 is 15.9 Å². The monoisotopic (exact) mass is 540 g/mol. The number of carbonyl (C=O) groups is 1. The number of rotatable bonds is 6. The maximum Gasteiger partial charge on any atom is 0.271 e. The molecular formula is C30H29BrN4O. The van der Waals surface area contributed by atoms with Crippen LogP contribution in [-0.4, -0.2) is 28.1 Å². The molecule has 0 unspecified atom stereocenters. The summed E-state index contributed by atoms with van der Waals surface area (Å²) in [4.78, 5) is 15.1. The van der Waals surface area contributed by atoms with E-state index in [9.17, 15) is 4.79 Å². The first-order valence-electron chi connectivity index (χ1n) is 12.1. The highest BCUT2D eigenvalue weighted by Crippen LogP contribution is 2.23. The summed E-state index contributed by atoms with van der Waals surface area (Å²) >= 11 is 3.54. The second-order valence-corrected chi connectivity index (χ2v) is 10.2. The van der Waals surface area contributed by atoms with Crippen molar-refractivity contribution in [3.05, 3.63) is 123 Å². The predicted molar refractivity (Wildman–Crippen MR) is 149 cm³/mol. The Morgan fingerprint density at radius 3 is 2.56 bits per heavy atom. The molecule has 182 valence electrons. The van der Waals surface area contributed by atoms with Crippen molar-refractivity contribution in [1.29, 1.82) is 0 Å². The lowest BCUT2D eigenvalue weighted by molar-refractivity contribution is 0.0955. The molecule has 1 aliphatic heterocycles. The van der Waals surface area contributed by atoms with E-state index in [1.165, 1.54) is 16.7 Å². The second kappa shape index (κ2) is 10.6. The molecule has 0 radical (unpaired) electrons. The summed E-state index contributed by atoms with van der Waals surface area (Å²) in [5.74, 6) is -0.217. The molecule has 0 bridgehead atoms. The van der Waals surface area contributed by atoms with Crippen molar-refractivity contribution in [2.45, 2.75) is 33.4 Å². The van der Waals surface area contributed by atoms with E-state index in [1.807, 2.05) is 36.4 Å². The number of hydrogen-bond donors (Lipinski definition) is 1. The van der Waals surface area contributed by atoms with E-state index in [-0.39, 0.29) is 5.91 Å². The molecule has 5 nitrogen and oxygen atoms in total. The molecule has 0 saturated heterocycles. The van der Waals surface area contributed by atoms with Gasteiger partial charge in [-0.25, -0.2) is 5.43 Å². The van der Waals surface area contributed by atoms with Crippen molar-refractivity contribution in [1.82, 2.24) is 14.9 Å². The number of hydrogen-bond acceptors (Lipinski definition) is 3. The van der Waals surface area contributed by atoms with Crippen LogP contribution in [0.5, 0.6) is 0 Å². The topological polar surface area (TPSA) is 49.6 Å². The van der Waals surface area contributed by atoms with Crippen LogP contribution < -0.4 is 5.43 Å². The molecule has 0 spiro atoms. The minimum Gasteiger partial charge on any atom is -0.318 e. The van der Waals surface area contributed by atoms with Gasteiger partial charge in [-0.1, -0.05) is 58.4 Å². The van der Waals surface area contributed by atoms with E-state index in [0.717, 1.165) is 53.2 Å². The van der Waals surface area contributed by atoms with Crippen LogP contribution in [0, 0.1) is 13.8 Å². The molecule has 1 aliphatic rings. The first-order valence-corrected chi connectivity index (χ1v) is 12.9. The molecular weight excluding hydrogens is 512 g/mol. The van der Waals surface area contributed by atoms with Crippen molar-refractivity contribution in [3.63, 3.8) is 0 Å². The molecule has 2 heterocycles. The molecule has 1 amide bonds. The van der Waals surface area contributed by atoms with Gasteiger partial charge in [0.15, 0.2) is 0 Å². The lowest BCUT2D eigenvalue weighted by Gasteiger charge is -2.28. The highest BCUT2D eigenvalue weighted by molar-refractivity contribution is 9.10. The van der Waals surface area contributed by atoms with Crippen molar-refractivity contribution >= 4 is 28.1 Å². The highest BCUT2D eigenvalue weighted by atomic mass is 79.9.